The van der Waals surface area contributed by atoms with Gasteiger partial charge in [0.1, 0.15) is 17.1 Å². The standard InChI is InChI=1S/C22H24BrFN6O/c23-20-19(6-5-18-21(20)27-28-30(18)10-13-1-2-13)31-22-14(7-15(24)8-26-22)11-29-12-16-3-4-17(29)9-25-16/h5-8,13,16-17,25H,1-4,9-12H2. The number of nitrogens with zero attached hydrogens (tertiary/aromatic N) is 5. The van der Waals surface area contributed by atoms with Crippen LogP contribution in [0.4, 0.5) is 4.39 Å². The number of hydrogen-bond donors (Lipinski definition) is 1. The molecule has 4 aliphatic rings. The third kappa shape index (κ3) is 3.83. The van der Waals surface area contributed by atoms with E-state index < -0.39 is 0 Å². The van der Waals surface area contributed by atoms with Gasteiger partial charge in [0.15, 0.2) is 0 Å². The highest BCUT2D eigenvalue weighted by atomic mass is 79.9. The van der Waals surface area contributed by atoms with Gasteiger partial charge in [-0.3, -0.25) is 4.90 Å². The Labute approximate surface area is 188 Å². The molecule has 2 bridgehead atoms. The number of aromatic nitrogens is 4. The van der Waals surface area contributed by atoms with Crippen molar-refractivity contribution in [1.82, 2.24) is 30.2 Å². The van der Waals surface area contributed by atoms with Gasteiger partial charge in [0.25, 0.3) is 0 Å². The van der Waals surface area contributed by atoms with Crippen LogP contribution in [0.1, 0.15) is 31.2 Å². The molecule has 4 fully saturated rings. The van der Waals surface area contributed by atoms with Gasteiger partial charge in [-0.1, -0.05) is 5.21 Å². The summed E-state index contributed by atoms with van der Waals surface area (Å²) in [5.74, 6) is 1.40. The van der Waals surface area contributed by atoms with Crippen LogP contribution < -0.4 is 10.1 Å². The van der Waals surface area contributed by atoms with Gasteiger partial charge in [-0.25, -0.2) is 14.1 Å². The molecule has 1 saturated carbocycles. The van der Waals surface area contributed by atoms with E-state index in [1.807, 2.05) is 16.8 Å². The van der Waals surface area contributed by atoms with E-state index in [4.69, 9.17) is 4.74 Å². The fourth-order valence-corrected chi connectivity index (χ4v) is 5.23. The summed E-state index contributed by atoms with van der Waals surface area (Å²) >= 11 is 3.64. The van der Waals surface area contributed by atoms with Gasteiger partial charge >= 0.3 is 0 Å². The molecule has 0 spiro atoms. The zero-order chi connectivity index (χ0) is 20.9. The average molecular weight is 487 g/mol. The van der Waals surface area contributed by atoms with Crippen LogP contribution in [0.5, 0.6) is 11.6 Å². The van der Waals surface area contributed by atoms with Crippen LogP contribution in [0.2, 0.25) is 0 Å². The lowest BCUT2D eigenvalue weighted by atomic mass is 9.92. The molecular weight excluding hydrogens is 463 g/mol. The fourth-order valence-electron chi connectivity index (χ4n) is 4.74. The largest absolute Gasteiger partial charge is 0.437 e. The number of nitrogens with one attached hydrogen (secondary N) is 1. The molecular formula is C22H24BrFN6O. The van der Waals surface area contributed by atoms with Gasteiger partial charge in [0, 0.05) is 43.8 Å². The van der Waals surface area contributed by atoms with Crippen molar-refractivity contribution in [3.05, 3.63) is 40.2 Å². The Balaban J connectivity index is 1.28. The zero-order valence-electron chi connectivity index (χ0n) is 17.1. The van der Waals surface area contributed by atoms with Crippen LogP contribution in [0.15, 0.2) is 28.9 Å². The number of ether oxygens (including phenoxy) is 1. The van der Waals surface area contributed by atoms with Crippen molar-refractivity contribution >= 4 is 27.0 Å². The van der Waals surface area contributed by atoms with Gasteiger partial charge in [-0.2, -0.15) is 0 Å². The number of halogens is 2. The second-order valence-corrected chi connectivity index (χ2v) is 9.74. The number of pyridine rings is 1. The Morgan fingerprint density at radius 3 is 2.87 bits per heavy atom. The Morgan fingerprint density at radius 2 is 2.13 bits per heavy atom. The number of piperidine rings is 2. The van der Waals surface area contributed by atoms with E-state index in [2.05, 4.69) is 41.4 Å². The SMILES string of the molecule is Fc1cnc(Oc2ccc3c(nnn3CC3CC3)c2Br)c(CN2CC3CCC2CN3)c1. The Morgan fingerprint density at radius 1 is 1.23 bits per heavy atom. The second-order valence-electron chi connectivity index (χ2n) is 8.95. The molecule has 1 aliphatic carbocycles. The van der Waals surface area contributed by atoms with E-state index in [9.17, 15) is 4.39 Å². The Kier molecular flexibility index (Phi) is 4.92. The molecule has 9 heteroatoms. The molecule has 7 nitrogen and oxygen atoms in total. The molecule has 162 valence electrons. The normalized spacial score (nSPS) is 23.5. The Bertz CT molecular complexity index is 1120. The molecule has 2 atom stereocenters. The highest BCUT2D eigenvalue weighted by Gasteiger charge is 2.34. The monoisotopic (exact) mass is 486 g/mol. The third-order valence-corrected chi connectivity index (χ3v) is 7.42. The van der Waals surface area contributed by atoms with Crippen molar-refractivity contribution in [2.24, 2.45) is 5.92 Å². The van der Waals surface area contributed by atoms with Gasteiger partial charge in [-0.05, 0) is 65.7 Å². The maximum atomic E-state index is 14.0. The molecule has 3 aromatic rings. The van der Waals surface area contributed by atoms with E-state index in [0.717, 1.165) is 40.7 Å². The fraction of sp³-hybridized carbons (Fsp3) is 0.500. The van der Waals surface area contributed by atoms with E-state index in [0.29, 0.717) is 36.2 Å². The molecule has 7 rings (SSSR count). The van der Waals surface area contributed by atoms with Crippen LogP contribution in [0.3, 0.4) is 0 Å². The number of benzene rings is 1. The summed E-state index contributed by atoms with van der Waals surface area (Å²) in [5, 5.41) is 12.2. The van der Waals surface area contributed by atoms with Crippen molar-refractivity contribution in [2.75, 3.05) is 13.1 Å². The minimum Gasteiger partial charge on any atom is -0.437 e. The number of hydrogen-bond acceptors (Lipinski definition) is 6. The highest BCUT2D eigenvalue weighted by molar-refractivity contribution is 9.10. The predicted molar refractivity (Wildman–Crippen MR) is 117 cm³/mol. The molecule has 5 heterocycles. The first-order valence-electron chi connectivity index (χ1n) is 11.0. The summed E-state index contributed by atoms with van der Waals surface area (Å²) in [6.45, 7) is 3.49. The summed E-state index contributed by atoms with van der Waals surface area (Å²) in [4.78, 5) is 6.69. The predicted octanol–water partition coefficient (Wildman–Crippen LogP) is 3.87. The van der Waals surface area contributed by atoms with Crippen molar-refractivity contribution in [2.45, 2.75) is 50.9 Å². The minimum absolute atomic E-state index is 0.347. The van der Waals surface area contributed by atoms with Crippen molar-refractivity contribution < 1.29 is 9.13 Å². The summed E-state index contributed by atoms with van der Waals surface area (Å²) in [5.41, 5.74) is 2.51. The molecule has 1 aromatic carbocycles. The second kappa shape index (κ2) is 7.79. The summed E-state index contributed by atoms with van der Waals surface area (Å²) in [6, 6.07) is 6.42. The van der Waals surface area contributed by atoms with Gasteiger partial charge in [0.2, 0.25) is 5.88 Å². The molecule has 2 unspecified atom stereocenters. The van der Waals surface area contributed by atoms with E-state index in [1.165, 1.54) is 37.9 Å². The van der Waals surface area contributed by atoms with Crippen molar-refractivity contribution in [3.63, 3.8) is 0 Å². The number of rotatable bonds is 6. The zero-order valence-corrected chi connectivity index (χ0v) is 18.7. The molecule has 2 aromatic heterocycles. The average Bonchev–Trinajstić information content (AvgIpc) is 3.51. The number of piperazine rings is 1. The van der Waals surface area contributed by atoms with E-state index in [1.54, 1.807) is 0 Å². The first-order valence-corrected chi connectivity index (χ1v) is 11.7. The Hall–Kier alpha value is -2.10. The van der Waals surface area contributed by atoms with E-state index in [-0.39, 0.29) is 5.82 Å². The van der Waals surface area contributed by atoms with Crippen molar-refractivity contribution in [1.29, 1.82) is 0 Å². The maximum absolute atomic E-state index is 14.0. The summed E-state index contributed by atoms with van der Waals surface area (Å²) in [6.07, 6.45) is 6.12. The topological polar surface area (TPSA) is 68.1 Å². The van der Waals surface area contributed by atoms with Gasteiger partial charge in [-0.15, -0.1) is 5.10 Å². The lowest BCUT2D eigenvalue weighted by Gasteiger charge is -2.46. The quantitative estimate of drug-likeness (QED) is 0.570. The molecule has 31 heavy (non-hydrogen) atoms. The first-order chi connectivity index (χ1) is 15.1. The van der Waals surface area contributed by atoms with Gasteiger partial charge in [0.05, 0.1) is 16.2 Å². The smallest absolute Gasteiger partial charge is 0.223 e. The lowest BCUT2D eigenvalue weighted by molar-refractivity contribution is 0.0677. The molecule has 0 amide bonds. The number of fused-ring (bicyclic) bond motifs is 4. The van der Waals surface area contributed by atoms with Crippen LogP contribution in [-0.4, -0.2) is 50.1 Å². The maximum Gasteiger partial charge on any atom is 0.223 e. The summed E-state index contributed by atoms with van der Waals surface area (Å²) in [7, 11) is 0. The van der Waals surface area contributed by atoms with Crippen molar-refractivity contribution in [3.8, 4) is 11.6 Å². The molecule has 1 N–H and O–H groups in total. The summed E-state index contributed by atoms with van der Waals surface area (Å²) < 4.78 is 22.9. The molecule has 3 aliphatic heterocycles. The van der Waals surface area contributed by atoms with Crippen LogP contribution in [0, 0.1) is 11.7 Å². The molecule has 3 saturated heterocycles. The lowest BCUT2D eigenvalue weighted by Crippen LogP contribution is -2.60. The van der Waals surface area contributed by atoms with Crippen LogP contribution >= 0.6 is 15.9 Å². The van der Waals surface area contributed by atoms with Gasteiger partial charge < -0.3 is 10.1 Å². The van der Waals surface area contributed by atoms with E-state index >= 15 is 0 Å². The third-order valence-electron chi connectivity index (χ3n) is 6.65. The highest BCUT2D eigenvalue weighted by Crippen LogP contribution is 2.37. The van der Waals surface area contributed by atoms with Crippen LogP contribution in [-0.2, 0) is 13.1 Å². The minimum atomic E-state index is -0.347. The first kappa shape index (κ1) is 19.6. The molecule has 0 radical (unpaired) electrons. The van der Waals surface area contributed by atoms with Crippen LogP contribution in [0.25, 0.3) is 11.0 Å².